The van der Waals surface area contributed by atoms with Gasteiger partial charge in [-0.1, -0.05) is 19.1 Å². The maximum absolute atomic E-state index is 11.3. The van der Waals surface area contributed by atoms with Crippen molar-refractivity contribution < 1.29 is 9.53 Å². The van der Waals surface area contributed by atoms with Gasteiger partial charge in [0.25, 0.3) is 0 Å². The standard InChI is InChI=1S/C13H16N2O2/c1-3-15-12(8-13(16)17-2)11-6-4-10(9-14)5-7-11/h4-7,12,15H,3,8H2,1-2H3. The molecule has 1 unspecified atom stereocenters. The highest BCUT2D eigenvalue weighted by Gasteiger charge is 2.15. The van der Waals surface area contributed by atoms with Crippen molar-refractivity contribution >= 4 is 5.97 Å². The molecule has 1 aromatic rings. The molecule has 0 aromatic heterocycles. The lowest BCUT2D eigenvalue weighted by Gasteiger charge is -2.17. The average molecular weight is 232 g/mol. The van der Waals surface area contributed by atoms with Crippen molar-refractivity contribution in [3.63, 3.8) is 0 Å². The van der Waals surface area contributed by atoms with Gasteiger partial charge in [0.2, 0.25) is 0 Å². The van der Waals surface area contributed by atoms with Crippen LogP contribution in [0.15, 0.2) is 24.3 Å². The predicted molar refractivity (Wildman–Crippen MR) is 64.2 cm³/mol. The molecule has 0 radical (unpaired) electrons. The lowest BCUT2D eigenvalue weighted by molar-refractivity contribution is -0.141. The number of hydrogen-bond acceptors (Lipinski definition) is 4. The number of nitrogens with zero attached hydrogens (tertiary/aromatic N) is 1. The number of benzene rings is 1. The van der Waals surface area contributed by atoms with Gasteiger partial charge in [-0.3, -0.25) is 4.79 Å². The van der Waals surface area contributed by atoms with Crippen LogP contribution in [-0.4, -0.2) is 19.6 Å². The van der Waals surface area contributed by atoms with E-state index in [1.165, 1.54) is 7.11 Å². The van der Waals surface area contributed by atoms with Gasteiger partial charge in [0.05, 0.1) is 25.2 Å². The van der Waals surface area contributed by atoms with Crippen LogP contribution in [0.1, 0.15) is 30.5 Å². The fourth-order valence-corrected chi connectivity index (χ4v) is 1.59. The molecule has 0 bridgehead atoms. The first-order valence-corrected chi connectivity index (χ1v) is 5.51. The summed E-state index contributed by atoms with van der Waals surface area (Å²) in [6, 6.07) is 9.20. The van der Waals surface area contributed by atoms with E-state index < -0.39 is 0 Å². The van der Waals surface area contributed by atoms with Gasteiger partial charge in [0, 0.05) is 6.04 Å². The molecule has 0 saturated heterocycles. The predicted octanol–water partition coefficient (Wildman–Crippen LogP) is 1.77. The SMILES string of the molecule is CCNC(CC(=O)OC)c1ccc(C#N)cc1. The van der Waals surface area contributed by atoms with E-state index in [4.69, 9.17) is 5.26 Å². The Hall–Kier alpha value is -1.86. The molecule has 4 heteroatoms. The highest BCUT2D eigenvalue weighted by Crippen LogP contribution is 2.17. The fraction of sp³-hybridized carbons (Fsp3) is 0.385. The maximum atomic E-state index is 11.3. The van der Waals surface area contributed by atoms with E-state index in [1.54, 1.807) is 12.1 Å². The van der Waals surface area contributed by atoms with Gasteiger partial charge in [-0.25, -0.2) is 0 Å². The van der Waals surface area contributed by atoms with E-state index in [9.17, 15) is 4.79 Å². The van der Waals surface area contributed by atoms with Crippen LogP contribution in [0, 0.1) is 11.3 Å². The molecule has 0 amide bonds. The Morgan fingerprint density at radius 3 is 2.59 bits per heavy atom. The number of esters is 1. The Bertz CT molecular complexity index is 406. The Morgan fingerprint density at radius 1 is 1.47 bits per heavy atom. The summed E-state index contributed by atoms with van der Waals surface area (Å²) in [6.45, 7) is 2.75. The van der Waals surface area contributed by atoms with Crippen LogP contribution in [-0.2, 0) is 9.53 Å². The first-order valence-electron chi connectivity index (χ1n) is 5.51. The summed E-state index contributed by atoms with van der Waals surface area (Å²) >= 11 is 0. The van der Waals surface area contributed by atoms with Gasteiger partial charge in [-0.15, -0.1) is 0 Å². The van der Waals surface area contributed by atoms with Gasteiger partial charge in [-0.05, 0) is 24.2 Å². The van der Waals surface area contributed by atoms with Gasteiger partial charge >= 0.3 is 5.97 Å². The van der Waals surface area contributed by atoms with Crippen LogP contribution < -0.4 is 5.32 Å². The van der Waals surface area contributed by atoms with Crippen molar-refractivity contribution in [3.8, 4) is 6.07 Å². The first kappa shape index (κ1) is 13.2. The lowest BCUT2D eigenvalue weighted by Crippen LogP contribution is -2.24. The number of carbonyl (C=O) groups is 1. The number of ether oxygens (including phenoxy) is 1. The van der Waals surface area contributed by atoms with Crippen LogP contribution >= 0.6 is 0 Å². The Kier molecular flexibility index (Phi) is 5.18. The van der Waals surface area contributed by atoms with E-state index in [-0.39, 0.29) is 18.4 Å². The number of nitrogens with one attached hydrogen (secondary N) is 1. The van der Waals surface area contributed by atoms with Gasteiger partial charge < -0.3 is 10.1 Å². The molecule has 90 valence electrons. The third-order valence-electron chi connectivity index (χ3n) is 2.49. The summed E-state index contributed by atoms with van der Waals surface area (Å²) in [4.78, 5) is 11.3. The molecule has 0 heterocycles. The van der Waals surface area contributed by atoms with Crippen LogP contribution in [0.4, 0.5) is 0 Å². The summed E-state index contributed by atoms with van der Waals surface area (Å²) in [6.07, 6.45) is 0.288. The molecule has 0 aliphatic rings. The molecular formula is C13H16N2O2. The van der Waals surface area contributed by atoms with E-state index in [1.807, 2.05) is 19.1 Å². The van der Waals surface area contributed by atoms with Crippen molar-refractivity contribution in [2.45, 2.75) is 19.4 Å². The third-order valence-corrected chi connectivity index (χ3v) is 2.49. The monoisotopic (exact) mass is 232 g/mol. The molecule has 0 aliphatic carbocycles. The van der Waals surface area contributed by atoms with Gasteiger partial charge in [-0.2, -0.15) is 5.26 Å². The minimum absolute atomic E-state index is 0.0693. The van der Waals surface area contributed by atoms with Crippen LogP contribution in [0.3, 0.4) is 0 Å². The summed E-state index contributed by atoms with van der Waals surface area (Å²) in [5.41, 5.74) is 1.60. The normalized spacial score (nSPS) is 11.6. The highest BCUT2D eigenvalue weighted by molar-refractivity contribution is 5.70. The van der Waals surface area contributed by atoms with Crippen molar-refractivity contribution in [1.82, 2.24) is 5.32 Å². The minimum atomic E-state index is -0.250. The van der Waals surface area contributed by atoms with Crippen LogP contribution in [0.2, 0.25) is 0 Å². The minimum Gasteiger partial charge on any atom is -0.469 e. The van der Waals surface area contributed by atoms with Gasteiger partial charge in [0.1, 0.15) is 0 Å². The molecular weight excluding hydrogens is 216 g/mol. The number of methoxy groups -OCH3 is 1. The summed E-state index contributed by atoms with van der Waals surface area (Å²) in [7, 11) is 1.38. The van der Waals surface area contributed by atoms with Crippen molar-refractivity contribution in [2.75, 3.05) is 13.7 Å². The summed E-state index contributed by atoms with van der Waals surface area (Å²) in [5.74, 6) is -0.250. The average Bonchev–Trinajstić information content (AvgIpc) is 2.38. The van der Waals surface area contributed by atoms with Crippen LogP contribution in [0.25, 0.3) is 0 Å². The Morgan fingerprint density at radius 2 is 2.12 bits per heavy atom. The molecule has 17 heavy (non-hydrogen) atoms. The van der Waals surface area contributed by atoms with Gasteiger partial charge in [0.15, 0.2) is 0 Å². The fourth-order valence-electron chi connectivity index (χ4n) is 1.59. The van der Waals surface area contributed by atoms with Crippen LogP contribution in [0.5, 0.6) is 0 Å². The molecule has 0 fully saturated rings. The highest BCUT2D eigenvalue weighted by atomic mass is 16.5. The molecule has 0 spiro atoms. The summed E-state index contributed by atoms with van der Waals surface area (Å²) in [5, 5.41) is 11.9. The molecule has 1 aromatic carbocycles. The summed E-state index contributed by atoms with van der Waals surface area (Å²) < 4.78 is 4.66. The number of hydrogen-bond donors (Lipinski definition) is 1. The van der Waals surface area contributed by atoms with E-state index in [0.717, 1.165) is 12.1 Å². The smallest absolute Gasteiger partial charge is 0.307 e. The largest absolute Gasteiger partial charge is 0.469 e. The molecule has 0 aliphatic heterocycles. The number of nitriles is 1. The quantitative estimate of drug-likeness (QED) is 0.786. The zero-order valence-electron chi connectivity index (χ0n) is 10.1. The zero-order chi connectivity index (χ0) is 12.7. The molecule has 1 rings (SSSR count). The van der Waals surface area contributed by atoms with E-state index in [2.05, 4.69) is 16.1 Å². The third kappa shape index (κ3) is 3.89. The van der Waals surface area contributed by atoms with Crippen molar-refractivity contribution in [1.29, 1.82) is 5.26 Å². The first-order chi connectivity index (χ1) is 8.21. The molecule has 4 nitrogen and oxygen atoms in total. The van der Waals surface area contributed by atoms with E-state index >= 15 is 0 Å². The molecule has 0 saturated carbocycles. The van der Waals surface area contributed by atoms with Crippen molar-refractivity contribution in [3.05, 3.63) is 35.4 Å². The number of rotatable bonds is 5. The topological polar surface area (TPSA) is 62.1 Å². The zero-order valence-corrected chi connectivity index (χ0v) is 10.1. The maximum Gasteiger partial charge on any atom is 0.307 e. The Balaban J connectivity index is 2.81. The number of carbonyl (C=O) groups excluding carboxylic acids is 1. The lowest BCUT2D eigenvalue weighted by atomic mass is 10.0. The van der Waals surface area contributed by atoms with E-state index in [0.29, 0.717) is 5.56 Å². The second-order valence-corrected chi connectivity index (χ2v) is 3.62. The second kappa shape index (κ2) is 6.66. The second-order valence-electron chi connectivity index (χ2n) is 3.62. The van der Waals surface area contributed by atoms with Crippen molar-refractivity contribution in [2.24, 2.45) is 0 Å². The molecule has 1 N–H and O–H groups in total. The molecule has 1 atom stereocenters. The Labute approximate surface area is 101 Å².